The van der Waals surface area contributed by atoms with Crippen molar-refractivity contribution in [2.45, 2.75) is 58.4 Å². The Balaban J connectivity index is 1.31. The number of ether oxygens (including phenoxy) is 1. The highest BCUT2D eigenvalue weighted by Gasteiger charge is 2.53. The highest BCUT2D eigenvalue weighted by atomic mass is 16.5. The fraction of sp³-hybridized carbons (Fsp3) is 0.700. The molecule has 1 N–H and O–H groups in total. The maximum Gasteiger partial charge on any atom is 0.359 e. The lowest BCUT2D eigenvalue weighted by Gasteiger charge is -2.59. The lowest BCUT2D eigenvalue weighted by molar-refractivity contribution is -0.128. The first-order chi connectivity index (χ1) is 12.4. The van der Waals surface area contributed by atoms with E-state index in [9.17, 15) is 9.59 Å². The summed E-state index contributed by atoms with van der Waals surface area (Å²) in [5.41, 5.74) is 1.10. The van der Waals surface area contributed by atoms with E-state index < -0.39 is 5.97 Å². The zero-order valence-electron chi connectivity index (χ0n) is 15.5. The third-order valence-electron chi connectivity index (χ3n) is 6.71. The maximum absolute atomic E-state index is 12.3. The molecule has 1 amide bonds. The van der Waals surface area contributed by atoms with Gasteiger partial charge in [-0.3, -0.25) is 9.78 Å². The average molecular weight is 357 g/mol. The van der Waals surface area contributed by atoms with E-state index in [1.807, 2.05) is 0 Å². The number of nitrogens with zero attached hydrogens (tertiary/aromatic N) is 2. The van der Waals surface area contributed by atoms with Gasteiger partial charge >= 0.3 is 5.97 Å². The molecule has 0 radical (unpaired) electrons. The summed E-state index contributed by atoms with van der Waals surface area (Å²) < 4.78 is 5.10. The third-order valence-corrected chi connectivity index (χ3v) is 6.71. The minimum Gasteiger partial charge on any atom is -0.451 e. The largest absolute Gasteiger partial charge is 0.451 e. The van der Waals surface area contributed by atoms with Crippen molar-refractivity contribution in [3.63, 3.8) is 0 Å². The average Bonchev–Trinajstić information content (AvgIpc) is 2.59. The number of hydrogen-bond donors (Lipinski definition) is 1. The monoisotopic (exact) mass is 357 g/mol. The number of aromatic nitrogens is 2. The van der Waals surface area contributed by atoms with E-state index in [1.165, 1.54) is 50.9 Å². The Labute approximate surface area is 154 Å². The Morgan fingerprint density at radius 3 is 2.31 bits per heavy atom. The molecule has 6 heteroatoms. The summed E-state index contributed by atoms with van der Waals surface area (Å²) in [6.45, 7) is 3.64. The summed E-state index contributed by atoms with van der Waals surface area (Å²) in [5, 5.41) is 3.10. The standard InChI is InChI=1S/C20H27N3O3/c1-12-9-22-17(10-21-12)19(25)26-11-18(24)23-13(2)20-6-14-3-15(7-20)5-16(4-14)8-20/h9-10,13-16H,3-8,11H2,1-2H3,(H,23,24). The number of esters is 1. The van der Waals surface area contributed by atoms with E-state index >= 15 is 0 Å². The second-order valence-corrected chi connectivity index (χ2v) is 8.69. The first-order valence-corrected chi connectivity index (χ1v) is 9.69. The highest BCUT2D eigenvalue weighted by Crippen LogP contribution is 2.61. The highest BCUT2D eigenvalue weighted by molar-refractivity contribution is 5.89. The van der Waals surface area contributed by atoms with Gasteiger partial charge in [0.2, 0.25) is 0 Å². The van der Waals surface area contributed by atoms with Crippen molar-refractivity contribution in [1.82, 2.24) is 15.3 Å². The van der Waals surface area contributed by atoms with Gasteiger partial charge < -0.3 is 10.1 Å². The number of carbonyl (C=O) groups is 2. The molecular formula is C20H27N3O3. The van der Waals surface area contributed by atoms with Gasteiger partial charge in [0.15, 0.2) is 12.3 Å². The summed E-state index contributed by atoms with van der Waals surface area (Å²) in [6.07, 6.45) is 10.7. The van der Waals surface area contributed by atoms with Crippen LogP contribution in [0.5, 0.6) is 0 Å². The molecule has 0 saturated heterocycles. The van der Waals surface area contributed by atoms with Crippen LogP contribution in [0.4, 0.5) is 0 Å². The molecule has 4 aliphatic carbocycles. The van der Waals surface area contributed by atoms with Crippen LogP contribution in [0.25, 0.3) is 0 Å². The van der Waals surface area contributed by atoms with Crippen molar-refractivity contribution >= 4 is 11.9 Å². The van der Waals surface area contributed by atoms with Crippen LogP contribution in [0, 0.1) is 30.1 Å². The first-order valence-electron chi connectivity index (χ1n) is 9.69. The molecule has 1 unspecified atom stereocenters. The topological polar surface area (TPSA) is 81.2 Å². The molecular weight excluding hydrogens is 330 g/mol. The molecule has 1 aromatic heterocycles. The summed E-state index contributed by atoms with van der Waals surface area (Å²) >= 11 is 0. The number of carbonyl (C=O) groups excluding carboxylic acids is 2. The van der Waals surface area contributed by atoms with Crippen molar-refractivity contribution in [3.8, 4) is 0 Å². The van der Waals surface area contributed by atoms with Gasteiger partial charge in [-0.15, -0.1) is 0 Å². The van der Waals surface area contributed by atoms with E-state index in [2.05, 4.69) is 22.2 Å². The minimum atomic E-state index is -0.616. The summed E-state index contributed by atoms with van der Waals surface area (Å²) in [5.74, 6) is 1.69. The van der Waals surface area contributed by atoms with Crippen LogP contribution in [0.2, 0.25) is 0 Å². The molecule has 6 nitrogen and oxygen atoms in total. The summed E-state index contributed by atoms with van der Waals surface area (Å²) in [4.78, 5) is 32.3. The Kier molecular flexibility index (Phi) is 4.45. The molecule has 1 heterocycles. The SMILES string of the molecule is Cc1cnc(C(=O)OCC(=O)NC(C)C23CC4CC(CC(C4)C2)C3)cn1. The molecule has 4 fully saturated rings. The maximum atomic E-state index is 12.3. The Morgan fingerprint density at radius 2 is 1.77 bits per heavy atom. The van der Waals surface area contributed by atoms with Crippen LogP contribution in [0.15, 0.2) is 12.4 Å². The van der Waals surface area contributed by atoms with Crippen LogP contribution in [0.3, 0.4) is 0 Å². The zero-order chi connectivity index (χ0) is 18.3. The number of amides is 1. The number of hydrogen-bond acceptors (Lipinski definition) is 5. The second kappa shape index (κ2) is 6.63. The van der Waals surface area contributed by atoms with Crippen LogP contribution in [-0.4, -0.2) is 34.5 Å². The van der Waals surface area contributed by atoms with Crippen molar-refractivity contribution < 1.29 is 14.3 Å². The molecule has 26 heavy (non-hydrogen) atoms. The molecule has 1 atom stereocenters. The van der Waals surface area contributed by atoms with Crippen molar-refractivity contribution in [3.05, 3.63) is 23.8 Å². The quantitative estimate of drug-likeness (QED) is 0.820. The van der Waals surface area contributed by atoms with Gasteiger partial charge in [0.25, 0.3) is 5.91 Å². The molecule has 0 aromatic carbocycles. The molecule has 5 rings (SSSR count). The van der Waals surface area contributed by atoms with Crippen molar-refractivity contribution in [2.75, 3.05) is 6.61 Å². The summed E-state index contributed by atoms with van der Waals surface area (Å²) in [7, 11) is 0. The minimum absolute atomic E-state index is 0.123. The Morgan fingerprint density at radius 1 is 1.15 bits per heavy atom. The third kappa shape index (κ3) is 3.33. The van der Waals surface area contributed by atoms with Gasteiger partial charge in [-0.25, -0.2) is 9.78 Å². The van der Waals surface area contributed by atoms with Gasteiger partial charge in [-0.05, 0) is 75.5 Å². The van der Waals surface area contributed by atoms with Gasteiger partial charge in [0.1, 0.15) is 0 Å². The number of nitrogens with one attached hydrogen (secondary N) is 1. The van der Waals surface area contributed by atoms with E-state index in [4.69, 9.17) is 4.74 Å². The molecule has 0 aliphatic heterocycles. The van der Waals surface area contributed by atoms with Crippen LogP contribution in [-0.2, 0) is 9.53 Å². The predicted molar refractivity (Wildman–Crippen MR) is 95.3 cm³/mol. The molecule has 140 valence electrons. The fourth-order valence-electron chi connectivity index (χ4n) is 5.85. The Bertz CT molecular complexity index is 665. The van der Waals surface area contributed by atoms with Gasteiger partial charge in [0.05, 0.1) is 11.9 Å². The second-order valence-electron chi connectivity index (χ2n) is 8.69. The Hall–Kier alpha value is -1.98. The van der Waals surface area contributed by atoms with Crippen LogP contribution >= 0.6 is 0 Å². The number of rotatable bonds is 5. The summed E-state index contributed by atoms with van der Waals surface area (Å²) in [6, 6.07) is 0.126. The van der Waals surface area contributed by atoms with Crippen molar-refractivity contribution in [2.24, 2.45) is 23.2 Å². The predicted octanol–water partition coefficient (Wildman–Crippen LogP) is 2.66. The van der Waals surface area contributed by atoms with Crippen LogP contribution < -0.4 is 5.32 Å². The molecule has 4 aliphatic rings. The number of aryl methyl sites for hydroxylation is 1. The smallest absolute Gasteiger partial charge is 0.359 e. The van der Waals surface area contributed by atoms with Gasteiger partial charge in [-0.2, -0.15) is 0 Å². The van der Waals surface area contributed by atoms with E-state index in [0.717, 1.165) is 23.4 Å². The molecule has 1 aromatic rings. The van der Waals surface area contributed by atoms with Gasteiger partial charge in [-0.1, -0.05) is 0 Å². The fourth-order valence-corrected chi connectivity index (χ4v) is 5.85. The molecule has 4 bridgehead atoms. The zero-order valence-corrected chi connectivity index (χ0v) is 15.5. The van der Waals surface area contributed by atoms with E-state index in [1.54, 1.807) is 6.92 Å². The lowest BCUT2D eigenvalue weighted by Crippen LogP contribution is -2.56. The van der Waals surface area contributed by atoms with Gasteiger partial charge in [0, 0.05) is 12.2 Å². The van der Waals surface area contributed by atoms with Crippen LogP contribution in [0.1, 0.15) is 61.6 Å². The molecule has 0 spiro atoms. The lowest BCUT2D eigenvalue weighted by atomic mass is 9.48. The van der Waals surface area contributed by atoms with Crippen molar-refractivity contribution in [1.29, 1.82) is 0 Å². The first kappa shape index (κ1) is 17.4. The van der Waals surface area contributed by atoms with E-state index in [-0.39, 0.29) is 29.7 Å². The van der Waals surface area contributed by atoms with E-state index in [0.29, 0.717) is 0 Å². The normalized spacial score (nSPS) is 32.9. The molecule has 4 saturated carbocycles.